The largest absolute Gasteiger partial charge is 0.497 e. The summed E-state index contributed by atoms with van der Waals surface area (Å²) in [4.78, 5) is 15.1. The van der Waals surface area contributed by atoms with E-state index in [1.165, 1.54) is 0 Å². The number of benzene rings is 1. The number of pyridine rings is 1. The van der Waals surface area contributed by atoms with Crippen molar-refractivity contribution in [2.45, 2.75) is 6.42 Å². The van der Waals surface area contributed by atoms with E-state index in [-0.39, 0.29) is 0 Å². The maximum Gasteiger partial charge on any atom is 0.150 e. The molecule has 0 aliphatic rings. The summed E-state index contributed by atoms with van der Waals surface area (Å²) < 4.78 is 5.13. The maximum absolute atomic E-state index is 11.0. The molecule has 0 unspecified atom stereocenters. The predicted molar refractivity (Wildman–Crippen MR) is 73.2 cm³/mol. The predicted octanol–water partition coefficient (Wildman–Crippen LogP) is 2.51. The first-order chi connectivity index (χ1) is 9.24. The zero-order valence-electron chi connectivity index (χ0n) is 10.6. The molecule has 19 heavy (non-hydrogen) atoms. The van der Waals surface area contributed by atoms with Crippen LogP contribution in [0.2, 0.25) is 0 Å². The van der Waals surface area contributed by atoms with Crippen LogP contribution in [0.1, 0.15) is 21.5 Å². The molecule has 0 amide bonds. The molecule has 1 N–H and O–H groups in total. The molecule has 96 valence electrons. The van der Waals surface area contributed by atoms with Gasteiger partial charge in [-0.1, -0.05) is 6.07 Å². The average molecular weight is 254 g/mol. The number of hydrogen-bond donors (Lipinski definition) is 1. The van der Waals surface area contributed by atoms with Gasteiger partial charge in [-0.25, -0.2) is 0 Å². The molecule has 0 fully saturated rings. The zero-order valence-corrected chi connectivity index (χ0v) is 10.6. The first kappa shape index (κ1) is 13.0. The monoisotopic (exact) mass is 254 g/mol. The highest BCUT2D eigenvalue weighted by Gasteiger charge is 2.10. The topological polar surface area (TPSA) is 63.0 Å². The van der Waals surface area contributed by atoms with Gasteiger partial charge in [0.15, 0.2) is 6.29 Å². The van der Waals surface area contributed by atoms with Crippen LogP contribution in [0.15, 0.2) is 42.7 Å². The third-order valence-corrected chi connectivity index (χ3v) is 2.82. The molecule has 0 radical (unpaired) electrons. The molecule has 0 aliphatic carbocycles. The number of carbonyl (C=O) groups is 1. The van der Waals surface area contributed by atoms with Crippen LogP contribution in [-0.2, 0) is 6.42 Å². The van der Waals surface area contributed by atoms with E-state index in [0.29, 0.717) is 29.0 Å². The molecule has 2 rings (SSSR count). The number of aldehydes is 1. The Hall–Kier alpha value is -2.49. The van der Waals surface area contributed by atoms with Crippen LogP contribution in [0.25, 0.3) is 0 Å². The number of methoxy groups -OCH3 is 1. The van der Waals surface area contributed by atoms with Gasteiger partial charge in [0.2, 0.25) is 0 Å². The minimum atomic E-state index is 0.369. The Balaban J connectivity index is 2.30. The van der Waals surface area contributed by atoms with Crippen molar-refractivity contribution in [2.75, 3.05) is 7.11 Å². The van der Waals surface area contributed by atoms with Crippen molar-refractivity contribution in [3.8, 4) is 5.75 Å². The van der Waals surface area contributed by atoms with E-state index >= 15 is 0 Å². The highest BCUT2D eigenvalue weighted by atomic mass is 16.5. The van der Waals surface area contributed by atoms with Gasteiger partial charge in [0.05, 0.1) is 7.11 Å². The van der Waals surface area contributed by atoms with E-state index in [1.54, 1.807) is 37.7 Å². The molecule has 0 saturated heterocycles. The molecular formula is C15H14N2O2. The van der Waals surface area contributed by atoms with Crippen LogP contribution in [0.4, 0.5) is 0 Å². The molecule has 0 saturated carbocycles. The summed E-state index contributed by atoms with van der Waals surface area (Å²) in [5, 5.41) is 8.14. The molecular weight excluding hydrogens is 240 g/mol. The first-order valence-corrected chi connectivity index (χ1v) is 5.84. The van der Waals surface area contributed by atoms with Crippen molar-refractivity contribution in [1.82, 2.24) is 4.98 Å². The van der Waals surface area contributed by atoms with E-state index in [1.807, 2.05) is 12.1 Å². The van der Waals surface area contributed by atoms with Crippen LogP contribution in [0.3, 0.4) is 0 Å². The minimum absolute atomic E-state index is 0.369. The summed E-state index contributed by atoms with van der Waals surface area (Å²) in [7, 11) is 1.56. The van der Waals surface area contributed by atoms with Crippen LogP contribution in [0, 0.1) is 5.41 Å². The highest BCUT2D eigenvalue weighted by Crippen LogP contribution is 2.18. The number of hydrogen-bond acceptors (Lipinski definition) is 4. The Kier molecular flexibility index (Phi) is 4.03. The summed E-state index contributed by atoms with van der Waals surface area (Å²) in [5.41, 5.74) is 2.40. The molecule has 1 heterocycles. The van der Waals surface area contributed by atoms with Crippen LogP contribution in [-0.4, -0.2) is 24.1 Å². The quantitative estimate of drug-likeness (QED) is 0.658. The van der Waals surface area contributed by atoms with Gasteiger partial charge in [-0.05, 0) is 29.8 Å². The van der Waals surface area contributed by atoms with Gasteiger partial charge in [0, 0.05) is 35.7 Å². The Morgan fingerprint density at radius 3 is 2.89 bits per heavy atom. The van der Waals surface area contributed by atoms with E-state index in [2.05, 4.69) is 4.98 Å². The fraction of sp³-hybridized carbons (Fsp3) is 0.133. The lowest BCUT2D eigenvalue weighted by Crippen LogP contribution is -2.07. The molecule has 0 spiro atoms. The molecule has 4 nitrogen and oxygen atoms in total. The minimum Gasteiger partial charge on any atom is -0.497 e. The number of ether oxygens (including phenoxy) is 1. The van der Waals surface area contributed by atoms with Gasteiger partial charge in [-0.2, -0.15) is 0 Å². The van der Waals surface area contributed by atoms with E-state index in [0.717, 1.165) is 11.8 Å². The van der Waals surface area contributed by atoms with Crippen molar-refractivity contribution < 1.29 is 9.53 Å². The van der Waals surface area contributed by atoms with Crippen molar-refractivity contribution in [3.05, 3.63) is 59.4 Å². The third-order valence-electron chi connectivity index (χ3n) is 2.82. The van der Waals surface area contributed by atoms with Crippen molar-refractivity contribution in [3.63, 3.8) is 0 Å². The van der Waals surface area contributed by atoms with Crippen molar-refractivity contribution in [2.24, 2.45) is 0 Å². The normalized spacial score (nSPS) is 9.95. The van der Waals surface area contributed by atoms with Gasteiger partial charge in [-0.15, -0.1) is 0 Å². The second-order valence-corrected chi connectivity index (χ2v) is 4.09. The molecule has 0 atom stereocenters. The standard InChI is InChI=1S/C15H14N2O2/c1-19-13-5-4-12(10-18)14(8-13)15(16)7-11-3-2-6-17-9-11/h2-6,8-10,16H,7H2,1H3. The Labute approximate surface area is 111 Å². The molecule has 1 aromatic carbocycles. The first-order valence-electron chi connectivity index (χ1n) is 5.84. The number of aromatic nitrogens is 1. The Morgan fingerprint density at radius 2 is 2.26 bits per heavy atom. The number of rotatable bonds is 5. The highest BCUT2D eigenvalue weighted by molar-refractivity contribution is 6.05. The SMILES string of the molecule is COc1ccc(C=O)c(C(=N)Cc2cccnc2)c1. The second-order valence-electron chi connectivity index (χ2n) is 4.09. The summed E-state index contributed by atoms with van der Waals surface area (Å²) in [6, 6.07) is 8.82. The molecule has 0 bridgehead atoms. The Bertz CT molecular complexity index is 594. The van der Waals surface area contributed by atoms with E-state index < -0.39 is 0 Å². The average Bonchev–Trinajstić information content (AvgIpc) is 2.47. The fourth-order valence-corrected chi connectivity index (χ4v) is 1.83. The van der Waals surface area contributed by atoms with Crippen molar-refractivity contribution in [1.29, 1.82) is 5.41 Å². The van der Waals surface area contributed by atoms with Gasteiger partial charge < -0.3 is 10.1 Å². The summed E-state index contributed by atoms with van der Waals surface area (Å²) in [6.07, 6.45) is 4.60. The van der Waals surface area contributed by atoms with Crippen LogP contribution >= 0.6 is 0 Å². The summed E-state index contributed by atoms with van der Waals surface area (Å²) >= 11 is 0. The van der Waals surface area contributed by atoms with E-state index in [4.69, 9.17) is 10.1 Å². The van der Waals surface area contributed by atoms with Crippen molar-refractivity contribution >= 4 is 12.0 Å². The lowest BCUT2D eigenvalue weighted by Gasteiger charge is -2.09. The second kappa shape index (κ2) is 5.91. The molecule has 0 aliphatic heterocycles. The van der Waals surface area contributed by atoms with Crippen LogP contribution < -0.4 is 4.74 Å². The summed E-state index contributed by atoms with van der Waals surface area (Å²) in [6.45, 7) is 0. The van der Waals surface area contributed by atoms with Gasteiger partial charge in [0.1, 0.15) is 5.75 Å². The molecule has 2 aromatic rings. The molecule has 4 heteroatoms. The third kappa shape index (κ3) is 3.04. The van der Waals surface area contributed by atoms with Gasteiger partial charge in [-0.3, -0.25) is 9.78 Å². The van der Waals surface area contributed by atoms with Gasteiger partial charge >= 0.3 is 0 Å². The van der Waals surface area contributed by atoms with Crippen LogP contribution in [0.5, 0.6) is 5.75 Å². The summed E-state index contributed by atoms with van der Waals surface area (Å²) in [5.74, 6) is 0.636. The molecule has 1 aromatic heterocycles. The van der Waals surface area contributed by atoms with E-state index in [9.17, 15) is 4.79 Å². The smallest absolute Gasteiger partial charge is 0.150 e. The lowest BCUT2D eigenvalue weighted by molar-refractivity contribution is 0.112. The number of nitrogens with zero attached hydrogens (tertiary/aromatic N) is 1. The number of carbonyl (C=O) groups excluding carboxylic acids is 1. The van der Waals surface area contributed by atoms with Gasteiger partial charge in [0.25, 0.3) is 0 Å². The number of nitrogens with one attached hydrogen (secondary N) is 1. The zero-order chi connectivity index (χ0) is 13.7. The maximum atomic E-state index is 11.0. The lowest BCUT2D eigenvalue weighted by atomic mass is 9.99. The Morgan fingerprint density at radius 1 is 1.42 bits per heavy atom. The fourth-order valence-electron chi connectivity index (χ4n) is 1.83.